The van der Waals surface area contributed by atoms with Gasteiger partial charge < -0.3 is 0 Å². The second kappa shape index (κ2) is 7.88. The monoisotopic (exact) mass is 334 g/mol. The van der Waals surface area contributed by atoms with Crippen LogP contribution >= 0.6 is 0 Å². The van der Waals surface area contributed by atoms with Crippen molar-refractivity contribution in [2.24, 2.45) is 0 Å². The number of benzene rings is 1. The first-order chi connectivity index (χ1) is 9.77. The molecule has 0 aliphatic carbocycles. The topological polar surface area (TPSA) is 83.6 Å². The van der Waals surface area contributed by atoms with Gasteiger partial charge in [0.05, 0.1) is 11.2 Å². The summed E-state index contributed by atoms with van der Waals surface area (Å²) >= 11 is 0. The highest BCUT2D eigenvalue weighted by Gasteiger charge is 2.18. The van der Waals surface area contributed by atoms with E-state index in [4.69, 9.17) is 0 Å². The van der Waals surface area contributed by atoms with Crippen LogP contribution in [0.3, 0.4) is 0 Å². The van der Waals surface area contributed by atoms with Crippen molar-refractivity contribution < 1.29 is 16.8 Å². The summed E-state index contributed by atoms with van der Waals surface area (Å²) in [7, 11) is -6.91. The zero-order chi connectivity index (χ0) is 15.9. The third-order valence-corrected chi connectivity index (χ3v) is 5.72. The second-order valence-corrected chi connectivity index (χ2v) is 8.48. The molecule has 0 aliphatic rings. The van der Waals surface area contributed by atoms with Crippen molar-refractivity contribution in [3.05, 3.63) is 30.3 Å². The Morgan fingerprint density at radius 2 is 1.67 bits per heavy atom. The van der Waals surface area contributed by atoms with E-state index in [1.165, 1.54) is 16.4 Å². The van der Waals surface area contributed by atoms with Crippen LogP contribution in [-0.4, -0.2) is 47.0 Å². The van der Waals surface area contributed by atoms with Crippen molar-refractivity contribution >= 4 is 20.0 Å². The molecule has 0 spiro atoms. The van der Waals surface area contributed by atoms with Gasteiger partial charge in [0.2, 0.25) is 20.0 Å². The van der Waals surface area contributed by atoms with E-state index in [1.807, 2.05) is 6.92 Å². The first-order valence-corrected chi connectivity index (χ1v) is 10.1. The summed E-state index contributed by atoms with van der Waals surface area (Å²) in [5.74, 6) is 0. The molecule has 1 aromatic carbocycles. The summed E-state index contributed by atoms with van der Waals surface area (Å²) in [5, 5.41) is 0. The third-order valence-electron chi connectivity index (χ3n) is 2.94. The lowest BCUT2D eigenvalue weighted by Crippen LogP contribution is -2.38. The van der Waals surface area contributed by atoms with E-state index in [2.05, 4.69) is 4.72 Å². The Labute approximate surface area is 127 Å². The molecule has 0 heterocycles. The molecule has 6 nitrogen and oxygen atoms in total. The molecule has 0 unspecified atom stereocenters. The van der Waals surface area contributed by atoms with E-state index in [9.17, 15) is 16.8 Å². The highest BCUT2D eigenvalue weighted by molar-refractivity contribution is 7.89. The van der Waals surface area contributed by atoms with Gasteiger partial charge in [-0.3, -0.25) is 0 Å². The van der Waals surface area contributed by atoms with E-state index in [-0.39, 0.29) is 18.0 Å². The van der Waals surface area contributed by atoms with Crippen LogP contribution in [-0.2, 0) is 20.0 Å². The van der Waals surface area contributed by atoms with Gasteiger partial charge in [-0.25, -0.2) is 25.9 Å². The van der Waals surface area contributed by atoms with Crippen LogP contribution in [0.1, 0.15) is 19.8 Å². The van der Waals surface area contributed by atoms with Crippen molar-refractivity contribution in [2.75, 3.05) is 25.9 Å². The maximum atomic E-state index is 12.0. The fraction of sp³-hybridized carbons (Fsp3) is 0.538. The molecular weight excluding hydrogens is 312 g/mol. The number of nitrogens with one attached hydrogen (secondary N) is 1. The molecule has 21 heavy (non-hydrogen) atoms. The molecule has 1 aromatic rings. The van der Waals surface area contributed by atoms with E-state index in [0.29, 0.717) is 6.54 Å². The predicted molar refractivity (Wildman–Crippen MR) is 83.0 cm³/mol. The standard InChI is InChI=1S/C13H22N2O4S2/c1-3-4-11-15(20(2,16)17)12-10-14-21(18,19)13-8-6-5-7-9-13/h5-9,14H,3-4,10-12H2,1-2H3. The van der Waals surface area contributed by atoms with Crippen LogP contribution in [0.5, 0.6) is 0 Å². The minimum atomic E-state index is -3.59. The van der Waals surface area contributed by atoms with Crippen LogP contribution in [0.25, 0.3) is 0 Å². The lowest BCUT2D eigenvalue weighted by molar-refractivity contribution is 0.408. The zero-order valence-corrected chi connectivity index (χ0v) is 14.0. The van der Waals surface area contributed by atoms with Crippen molar-refractivity contribution in [3.8, 4) is 0 Å². The summed E-state index contributed by atoms with van der Waals surface area (Å²) in [6.45, 7) is 2.56. The van der Waals surface area contributed by atoms with Gasteiger partial charge in [-0.1, -0.05) is 31.5 Å². The van der Waals surface area contributed by atoms with Crippen molar-refractivity contribution in [1.29, 1.82) is 0 Å². The molecule has 0 atom stereocenters. The van der Waals surface area contributed by atoms with Crippen LogP contribution in [0.15, 0.2) is 35.2 Å². The number of unbranched alkanes of at least 4 members (excludes halogenated alkanes) is 1. The first kappa shape index (κ1) is 18.1. The Morgan fingerprint density at radius 1 is 1.05 bits per heavy atom. The van der Waals surface area contributed by atoms with Gasteiger partial charge in [-0.05, 0) is 18.6 Å². The summed E-state index contributed by atoms with van der Waals surface area (Å²) in [6.07, 6.45) is 2.76. The van der Waals surface area contributed by atoms with E-state index in [1.54, 1.807) is 18.2 Å². The Morgan fingerprint density at radius 3 is 2.19 bits per heavy atom. The molecule has 120 valence electrons. The number of hydrogen-bond donors (Lipinski definition) is 1. The summed E-state index contributed by atoms with van der Waals surface area (Å²) < 4.78 is 50.9. The third kappa shape index (κ3) is 6.13. The highest BCUT2D eigenvalue weighted by atomic mass is 32.2. The normalized spacial score (nSPS) is 12.7. The Balaban J connectivity index is 2.62. The molecule has 0 fully saturated rings. The minimum Gasteiger partial charge on any atom is -0.213 e. The Hall–Kier alpha value is -0.960. The second-order valence-electron chi connectivity index (χ2n) is 4.73. The van der Waals surface area contributed by atoms with Crippen molar-refractivity contribution in [2.45, 2.75) is 24.7 Å². The van der Waals surface area contributed by atoms with Crippen LogP contribution in [0.4, 0.5) is 0 Å². The van der Waals surface area contributed by atoms with Gasteiger partial charge in [-0.15, -0.1) is 0 Å². The largest absolute Gasteiger partial charge is 0.240 e. The smallest absolute Gasteiger partial charge is 0.213 e. The maximum Gasteiger partial charge on any atom is 0.240 e. The molecular formula is C13H22N2O4S2. The maximum absolute atomic E-state index is 12.0. The minimum absolute atomic E-state index is 0.0496. The Kier molecular flexibility index (Phi) is 6.79. The Bertz CT molecular complexity index is 627. The first-order valence-electron chi connectivity index (χ1n) is 6.77. The molecule has 8 heteroatoms. The van der Waals surface area contributed by atoms with Crippen LogP contribution in [0, 0.1) is 0 Å². The van der Waals surface area contributed by atoms with Crippen LogP contribution < -0.4 is 4.72 Å². The predicted octanol–water partition coefficient (Wildman–Crippen LogP) is 1.03. The summed E-state index contributed by atoms with van der Waals surface area (Å²) in [4.78, 5) is 0.171. The average Bonchev–Trinajstić information content (AvgIpc) is 2.42. The lowest BCUT2D eigenvalue weighted by Gasteiger charge is -2.19. The number of hydrogen-bond acceptors (Lipinski definition) is 4. The average molecular weight is 334 g/mol. The van der Waals surface area contributed by atoms with Gasteiger partial charge in [0.1, 0.15) is 0 Å². The van der Waals surface area contributed by atoms with Gasteiger partial charge in [0.25, 0.3) is 0 Å². The molecule has 0 aromatic heterocycles. The number of rotatable bonds is 9. The number of nitrogens with zero attached hydrogens (tertiary/aromatic N) is 1. The summed E-state index contributed by atoms with van der Waals surface area (Å²) in [6, 6.07) is 7.99. The molecule has 0 amide bonds. The number of sulfonamides is 2. The van der Waals surface area contributed by atoms with E-state index < -0.39 is 20.0 Å². The molecule has 0 aliphatic heterocycles. The van der Waals surface area contributed by atoms with Crippen molar-refractivity contribution in [1.82, 2.24) is 9.03 Å². The molecule has 0 bridgehead atoms. The highest BCUT2D eigenvalue weighted by Crippen LogP contribution is 2.07. The van der Waals surface area contributed by atoms with E-state index >= 15 is 0 Å². The van der Waals surface area contributed by atoms with Gasteiger partial charge in [-0.2, -0.15) is 0 Å². The molecule has 1 N–H and O–H groups in total. The van der Waals surface area contributed by atoms with Crippen LogP contribution in [0.2, 0.25) is 0 Å². The van der Waals surface area contributed by atoms with Gasteiger partial charge in [0.15, 0.2) is 0 Å². The lowest BCUT2D eigenvalue weighted by atomic mass is 10.3. The van der Waals surface area contributed by atoms with Gasteiger partial charge in [0, 0.05) is 19.6 Å². The SMILES string of the molecule is CCCCN(CCNS(=O)(=O)c1ccccc1)S(C)(=O)=O. The van der Waals surface area contributed by atoms with Gasteiger partial charge >= 0.3 is 0 Å². The summed E-state index contributed by atoms with van der Waals surface area (Å²) in [5.41, 5.74) is 0. The molecule has 0 radical (unpaired) electrons. The fourth-order valence-electron chi connectivity index (χ4n) is 1.77. The molecule has 0 saturated carbocycles. The van der Waals surface area contributed by atoms with E-state index in [0.717, 1.165) is 19.1 Å². The fourth-order valence-corrected chi connectivity index (χ4v) is 3.69. The van der Waals surface area contributed by atoms with Crippen molar-refractivity contribution in [3.63, 3.8) is 0 Å². The quantitative estimate of drug-likeness (QED) is 0.731. The molecule has 1 rings (SSSR count). The molecule has 0 saturated heterocycles. The zero-order valence-electron chi connectivity index (χ0n) is 12.3.